The third-order valence-electron chi connectivity index (χ3n) is 3.11. The van der Waals surface area contributed by atoms with E-state index in [1.54, 1.807) is 0 Å². The van der Waals surface area contributed by atoms with Gasteiger partial charge < -0.3 is 11.1 Å². The molecule has 0 saturated heterocycles. The summed E-state index contributed by atoms with van der Waals surface area (Å²) in [5.41, 5.74) is 6.95. The van der Waals surface area contributed by atoms with Crippen molar-refractivity contribution < 1.29 is 0 Å². The first-order chi connectivity index (χ1) is 8.02. The molecule has 1 heterocycles. The van der Waals surface area contributed by atoms with Crippen LogP contribution in [0.2, 0.25) is 0 Å². The van der Waals surface area contributed by atoms with Gasteiger partial charge in [0.15, 0.2) is 0 Å². The highest BCUT2D eigenvalue weighted by Crippen LogP contribution is 2.14. The van der Waals surface area contributed by atoms with Gasteiger partial charge in [0.2, 0.25) is 0 Å². The zero-order valence-electron chi connectivity index (χ0n) is 11.5. The summed E-state index contributed by atoms with van der Waals surface area (Å²) in [5.74, 6) is 2.30. The Morgan fingerprint density at radius 1 is 1.47 bits per heavy atom. The second kappa shape index (κ2) is 6.64. The Morgan fingerprint density at radius 2 is 2.18 bits per heavy atom. The van der Waals surface area contributed by atoms with Crippen LogP contribution in [0.4, 0.5) is 5.82 Å². The summed E-state index contributed by atoms with van der Waals surface area (Å²) < 4.78 is 1.89. The summed E-state index contributed by atoms with van der Waals surface area (Å²) in [6, 6.07) is 2.07. The second-order valence-electron chi connectivity index (χ2n) is 5.24. The molecule has 0 aromatic carbocycles. The zero-order chi connectivity index (χ0) is 12.8. The van der Waals surface area contributed by atoms with E-state index in [2.05, 4.69) is 37.3 Å². The van der Waals surface area contributed by atoms with Gasteiger partial charge in [-0.05, 0) is 38.1 Å². The predicted molar refractivity (Wildman–Crippen MR) is 73.1 cm³/mol. The van der Waals surface area contributed by atoms with Crippen LogP contribution in [0.5, 0.6) is 0 Å². The Hall–Kier alpha value is -1.03. The van der Waals surface area contributed by atoms with Crippen LogP contribution in [-0.4, -0.2) is 22.9 Å². The van der Waals surface area contributed by atoms with E-state index >= 15 is 0 Å². The molecule has 0 aliphatic carbocycles. The Balaban J connectivity index is 2.31. The average Bonchev–Trinajstić information content (AvgIpc) is 2.56. The molecule has 4 nitrogen and oxygen atoms in total. The van der Waals surface area contributed by atoms with Crippen LogP contribution >= 0.6 is 0 Å². The number of rotatable bonds is 7. The van der Waals surface area contributed by atoms with Gasteiger partial charge in [0.25, 0.3) is 0 Å². The summed E-state index contributed by atoms with van der Waals surface area (Å²) >= 11 is 0. The molecule has 0 aliphatic heterocycles. The molecule has 1 unspecified atom stereocenters. The van der Waals surface area contributed by atoms with Crippen molar-refractivity contribution in [3.63, 3.8) is 0 Å². The molecule has 0 aliphatic rings. The number of hydrogen-bond acceptors (Lipinski definition) is 3. The first-order valence-electron chi connectivity index (χ1n) is 6.47. The van der Waals surface area contributed by atoms with Crippen molar-refractivity contribution in [1.29, 1.82) is 0 Å². The van der Waals surface area contributed by atoms with Crippen LogP contribution in [0.25, 0.3) is 0 Å². The van der Waals surface area contributed by atoms with E-state index in [4.69, 9.17) is 5.73 Å². The van der Waals surface area contributed by atoms with Gasteiger partial charge >= 0.3 is 0 Å². The second-order valence-corrected chi connectivity index (χ2v) is 5.24. The lowest BCUT2D eigenvalue weighted by molar-refractivity contribution is 0.401. The average molecular weight is 238 g/mol. The first-order valence-corrected chi connectivity index (χ1v) is 6.47. The number of anilines is 1. The van der Waals surface area contributed by atoms with Gasteiger partial charge in [-0.2, -0.15) is 5.10 Å². The number of aryl methyl sites for hydroxylation is 2. The molecule has 0 bridgehead atoms. The molecule has 3 N–H and O–H groups in total. The number of nitrogens with one attached hydrogen (secondary N) is 1. The molecule has 1 aromatic heterocycles. The molecule has 4 heteroatoms. The fraction of sp³-hybridized carbons (Fsp3) is 0.769. The van der Waals surface area contributed by atoms with Crippen molar-refractivity contribution >= 4 is 5.82 Å². The van der Waals surface area contributed by atoms with Crippen molar-refractivity contribution in [1.82, 2.24) is 9.78 Å². The highest BCUT2D eigenvalue weighted by Gasteiger charge is 2.09. The fourth-order valence-electron chi connectivity index (χ4n) is 2.05. The first kappa shape index (κ1) is 14.0. The van der Waals surface area contributed by atoms with Crippen molar-refractivity contribution in [3.8, 4) is 0 Å². The molecule has 0 fully saturated rings. The summed E-state index contributed by atoms with van der Waals surface area (Å²) in [6.45, 7) is 8.28. The highest BCUT2D eigenvalue weighted by atomic mass is 15.3. The minimum absolute atomic E-state index is 0.618. The third-order valence-corrected chi connectivity index (χ3v) is 3.11. The normalized spacial score (nSPS) is 13.1. The van der Waals surface area contributed by atoms with Crippen LogP contribution in [0.15, 0.2) is 6.07 Å². The summed E-state index contributed by atoms with van der Waals surface area (Å²) in [5, 5.41) is 7.72. The Kier molecular flexibility index (Phi) is 5.48. The monoisotopic (exact) mass is 238 g/mol. The summed E-state index contributed by atoms with van der Waals surface area (Å²) in [4.78, 5) is 0. The molecule has 1 rings (SSSR count). The quantitative estimate of drug-likeness (QED) is 0.765. The predicted octanol–water partition coefficient (Wildman–Crippen LogP) is 2.15. The van der Waals surface area contributed by atoms with Crippen molar-refractivity contribution in [2.75, 3.05) is 18.4 Å². The van der Waals surface area contributed by atoms with Gasteiger partial charge in [0.1, 0.15) is 5.82 Å². The topological polar surface area (TPSA) is 55.9 Å². The Morgan fingerprint density at radius 3 is 2.65 bits per heavy atom. The number of hydrogen-bond donors (Lipinski definition) is 2. The molecule has 0 saturated carbocycles. The molecule has 0 amide bonds. The summed E-state index contributed by atoms with van der Waals surface area (Å²) in [6.07, 6.45) is 2.32. The van der Waals surface area contributed by atoms with Gasteiger partial charge in [-0.15, -0.1) is 0 Å². The van der Waals surface area contributed by atoms with Crippen molar-refractivity contribution in [2.45, 2.75) is 33.6 Å². The molecule has 1 atom stereocenters. The number of aromatic nitrogens is 2. The van der Waals surface area contributed by atoms with Crippen LogP contribution in [0.3, 0.4) is 0 Å². The lowest BCUT2D eigenvalue weighted by atomic mass is 9.94. The van der Waals surface area contributed by atoms with E-state index in [0.717, 1.165) is 31.2 Å². The third kappa shape index (κ3) is 4.77. The van der Waals surface area contributed by atoms with E-state index < -0.39 is 0 Å². The number of nitrogens with zero attached hydrogens (tertiary/aromatic N) is 2. The number of nitrogens with two attached hydrogens (primary N) is 1. The zero-order valence-corrected chi connectivity index (χ0v) is 11.5. The molecule has 98 valence electrons. The van der Waals surface area contributed by atoms with E-state index in [9.17, 15) is 0 Å². The standard InChI is InChI=1S/C13H26N4/c1-10(2)7-12(9-14)5-6-15-13-8-11(3)17(4)16-13/h8,10,12H,5-7,9,14H2,1-4H3,(H,15,16). The van der Waals surface area contributed by atoms with Crippen LogP contribution in [-0.2, 0) is 7.05 Å². The maximum Gasteiger partial charge on any atom is 0.148 e. The SMILES string of the molecule is Cc1cc(NCCC(CN)CC(C)C)nn1C. The van der Waals surface area contributed by atoms with Gasteiger partial charge in [0.05, 0.1) is 0 Å². The van der Waals surface area contributed by atoms with Crippen LogP contribution in [0, 0.1) is 18.8 Å². The highest BCUT2D eigenvalue weighted by molar-refractivity contribution is 5.35. The molecule has 0 radical (unpaired) electrons. The molecule has 0 spiro atoms. The van der Waals surface area contributed by atoms with Crippen LogP contribution < -0.4 is 11.1 Å². The van der Waals surface area contributed by atoms with Crippen LogP contribution in [0.1, 0.15) is 32.4 Å². The molecular formula is C13H26N4. The largest absolute Gasteiger partial charge is 0.369 e. The fourth-order valence-corrected chi connectivity index (χ4v) is 2.05. The maximum absolute atomic E-state index is 5.78. The summed E-state index contributed by atoms with van der Waals surface area (Å²) in [7, 11) is 1.96. The van der Waals surface area contributed by atoms with E-state index in [1.165, 1.54) is 12.1 Å². The van der Waals surface area contributed by atoms with E-state index in [0.29, 0.717) is 5.92 Å². The molecule has 1 aromatic rings. The van der Waals surface area contributed by atoms with E-state index in [-0.39, 0.29) is 0 Å². The van der Waals surface area contributed by atoms with Crippen molar-refractivity contribution in [3.05, 3.63) is 11.8 Å². The smallest absolute Gasteiger partial charge is 0.148 e. The van der Waals surface area contributed by atoms with Gasteiger partial charge in [0, 0.05) is 25.4 Å². The van der Waals surface area contributed by atoms with E-state index in [1.807, 2.05) is 11.7 Å². The molecular weight excluding hydrogens is 212 g/mol. The minimum Gasteiger partial charge on any atom is -0.369 e. The van der Waals surface area contributed by atoms with Gasteiger partial charge in [-0.1, -0.05) is 13.8 Å². The maximum atomic E-state index is 5.78. The lowest BCUT2D eigenvalue weighted by Gasteiger charge is -2.16. The van der Waals surface area contributed by atoms with Gasteiger partial charge in [-0.3, -0.25) is 4.68 Å². The Labute approximate surface area is 105 Å². The van der Waals surface area contributed by atoms with Gasteiger partial charge in [-0.25, -0.2) is 0 Å². The van der Waals surface area contributed by atoms with Crippen molar-refractivity contribution in [2.24, 2.45) is 24.6 Å². The Bertz CT molecular complexity index is 311. The molecule has 17 heavy (non-hydrogen) atoms. The lowest BCUT2D eigenvalue weighted by Crippen LogP contribution is -2.19. The minimum atomic E-state index is 0.618.